The fourth-order valence-electron chi connectivity index (χ4n) is 0.795. The second-order valence-electron chi connectivity index (χ2n) is 1.99. The van der Waals surface area contributed by atoms with Crippen LogP contribution in [-0.4, -0.2) is 22.9 Å². The van der Waals surface area contributed by atoms with E-state index in [0.29, 0.717) is 10.0 Å². The molecule has 0 aliphatic carbocycles. The van der Waals surface area contributed by atoms with Crippen LogP contribution in [0.5, 0.6) is 0 Å². The quantitative estimate of drug-likeness (QED) is 0.670. The standard InChI is InChI=1S/C6H2Cl2N2Se/c7-3-1-2-4-6(5(3)8)10-11-9-4/h1-2H. The molecule has 0 aliphatic rings. The summed E-state index contributed by atoms with van der Waals surface area (Å²) < 4.78 is 8.29. The zero-order valence-electron chi connectivity index (χ0n) is 5.21. The van der Waals surface area contributed by atoms with E-state index < -0.39 is 0 Å². The van der Waals surface area contributed by atoms with Crippen LogP contribution in [0.15, 0.2) is 12.1 Å². The van der Waals surface area contributed by atoms with Gasteiger partial charge in [-0.25, -0.2) is 0 Å². The van der Waals surface area contributed by atoms with Gasteiger partial charge in [0.2, 0.25) is 0 Å². The Labute approximate surface area is 79.4 Å². The van der Waals surface area contributed by atoms with Gasteiger partial charge in [-0.05, 0) is 0 Å². The van der Waals surface area contributed by atoms with E-state index in [0.717, 1.165) is 11.0 Å². The summed E-state index contributed by atoms with van der Waals surface area (Å²) in [6.07, 6.45) is 0. The summed E-state index contributed by atoms with van der Waals surface area (Å²) in [5.74, 6) is 0. The number of benzene rings is 1. The van der Waals surface area contributed by atoms with Crippen molar-refractivity contribution in [3.63, 3.8) is 0 Å². The molecule has 0 amide bonds. The summed E-state index contributed by atoms with van der Waals surface area (Å²) in [6, 6.07) is 3.57. The molecule has 0 spiro atoms. The molecule has 0 atom stereocenters. The molecule has 0 saturated carbocycles. The van der Waals surface area contributed by atoms with Gasteiger partial charge >= 0.3 is 79.3 Å². The van der Waals surface area contributed by atoms with Crippen molar-refractivity contribution in [2.45, 2.75) is 0 Å². The van der Waals surface area contributed by atoms with E-state index in [9.17, 15) is 0 Å². The summed E-state index contributed by atoms with van der Waals surface area (Å²) in [5, 5.41) is 1.06. The maximum atomic E-state index is 5.86. The van der Waals surface area contributed by atoms with Gasteiger partial charge in [-0.2, -0.15) is 0 Å². The summed E-state index contributed by atoms with van der Waals surface area (Å²) in [6.45, 7) is 0. The van der Waals surface area contributed by atoms with Crippen molar-refractivity contribution in [1.29, 1.82) is 0 Å². The molecule has 2 rings (SSSR count). The molecule has 5 heteroatoms. The number of rotatable bonds is 0. The molecule has 11 heavy (non-hydrogen) atoms. The van der Waals surface area contributed by atoms with Crippen molar-refractivity contribution >= 4 is 49.2 Å². The van der Waals surface area contributed by atoms with Crippen molar-refractivity contribution in [3.8, 4) is 0 Å². The molecule has 0 saturated heterocycles. The van der Waals surface area contributed by atoms with Crippen LogP contribution in [0.3, 0.4) is 0 Å². The van der Waals surface area contributed by atoms with Gasteiger partial charge in [-0.15, -0.1) is 0 Å². The van der Waals surface area contributed by atoms with Crippen molar-refractivity contribution in [3.05, 3.63) is 22.2 Å². The first kappa shape index (κ1) is 7.56. The van der Waals surface area contributed by atoms with Crippen LogP contribution >= 0.6 is 23.2 Å². The summed E-state index contributed by atoms with van der Waals surface area (Å²) in [7, 11) is 0. The molecule has 0 unspecified atom stereocenters. The van der Waals surface area contributed by atoms with Crippen LogP contribution in [0.4, 0.5) is 0 Å². The van der Waals surface area contributed by atoms with Gasteiger partial charge in [0.25, 0.3) is 0 Å². The molecule has 0 fully saturated rings. The van der Waals surface area contributed by atoms with Crippen LogP contribution in [0.1, 0.15) is 0 Å². The molecule has 0 bridgehead atoms. The fourth-order valence-corrected chi connectivity index (χ4v) is 2.40. The Morgan fingerprint density at radius 2 is 2.00 bits per heavy atom. The Kier molecular flexibility index (Phi) is 1.90. The van der Waals surface area contributed by atoms with Gasteiger partial charge in [-0.3, -0.25) is 0 Å². The SMILES string of the molecule is Clc1ccc2n[se]nc2c1Cl. The number of nitrogens with zero attached hydrogens (tertiary/aromatic N) is 2. The Hall–Kier alpha value is -0.0805. The third-order valence-corrected chi connectivity index (χ3v) is 3.25. The number of fused-ring (bicyclic) bond motifs is 1. The minimum absolute atomic E-state index is 0.0311. The van der Waals surface area contributed by atoms with E-state index in [1.165, 1.54) is 0 Å². The summed E-state index contributed by atoms with van der Waals surface area (Å²) >= 11 is 11.6. The monoisotopic (exact) mass is 252 g/mol. The van der Waals surface area contributed by atoms with Crippen LogP contribution in [0.2, 0.25) is 10.0 Å². The Balaban J connectivity index is 2.93. The van der Waals surface area contributed by atoms with E-state index in [4.69, 9.17) is 23.2 Å². The van der Waals surface area contributed by atoms with Crippen LogP contribution < -0.4 is 0 Å². The second kappa shape index (κ2) is 2.76. The summed E-state index contributed by atoms with van der Waals surface area (Å²) in [4.78, 5) is 0. The summed E-state index contributed by atoms with van der Waals surface area (Å²) in [5.41, 5.74) is 1.61. The average molecular weight is 252 g/mol. The number of aromatic nitrogens is 2. The normalized spacial score (nSPS) is 10.7. The number of hydrogen-bond acceptors (Lipinski definition) is 2. The first-order valence-electron chi connectivity index (χ1n) is 2.85. The molecule has 1 aromatic heterocycles. The number of halogens is 2. The van der Waals surface area contributed by atoms with Crippen LogP contribution in [-0.2, 0) is 0 Å². The zero-order chi connectivity index (χ0) is 7.84. The van der Waals surface area contributed by atoms with Crippen molar-refractivity contribution in [2.24, 2.45) is 0 Å². The van der Waals surface area contributed by atoms with E-state index in [-0.39, 0.29) is 15.0 Å². The first-order valence-corrected chi connectivity index (χ1v) is 5.14. The Morgan fingerprint density at radius 3 is 2.82 bits per heavy atom. The molecule has 0 aliphatic heterocycles. The van der Waals surface area contributed by atoms with Crippen molar-refractivity contribution in [2.75, 3.05) is 0 Å². The van der Waals surface area contributed by atoms with Crippen LogP contribution in [0, 0.1) is 0 Å². The van der Waals surface area contributed by atoms with Gasteiger partial charge in [0.1, 0.15) is 0 Å². The predicted octanol–water partition coefficient (Wildman–Crippen LogP) is 1.99. The van der Waals surface area contributed by atoms with Gasteiger partial charge in [0.05, 0.1) is 0 Å². The van der Waals surface area contributed by atoms with Crippen molar-refractivity contribution < 1.29 is 0 Å². The minimum atomic E-state index is -0.0311. The molecule has 1 aromatic carbocycles. The maximum absolute atomic E-state index is 5.86. The van der Waals surface area contributed by atoms with E-state index in [1.807, 2.05) is 6.07 Å². The zero-order valence-corrected chi connectivity index (χ0v) is 8.44. The van der Waals surface area contributed by atoms with E-state index >= 15 is 0 Å². The number of hydrogen-bond donors (Lipinski definition) is 0. The third kappa shape index (κ3) is 1.18. The molecule has 2 nitrogen and oxygen atoms in total. The second-order valence-corrected chi connectivity index (χ2v) is 3.89. The molecular weight excluding hydrogens is 250 g/mol. The molecule has 0 radical (unpaired) electrons. The Bertz CT molecular complexity index is 398. The average Bonchev–Trinajstić information content (AvgIpc) is 2.45. The molecule has 0 N–H and O–H groups in total. The van der Waals surface area contributed by atoms with Gasteiger partial charge in [0.15, 0.2) is 0 Å². The van der Waals surface area contributed by atoms with Crippen molar-refractivity contribution in [1.82, 2.24) is 7.96 Å². The van der Waals surface area contributed by atoms with Gasteiger partial charge in [-0.1, -0.05) is 0 Å². The molecule has 56 valence electrons. The topological polar surface area (TPSA) is 25.8 Å². The molecular formula is C6H2Cl2N2Se. The first-order chi connectivity index (χ1) is 5.29. The van der Waals surface area contributed by atoms with Crippen LogP contribution in [0.25, 0.3) is 11.0 Å². The fraction of sp³-hybridized carbons (Fsp3) is 0. The molecule has 2 aromatic rings. The molecule has 1 heterocycles. The van der Waals surface area contributed by atoms with Gasteiger partial charge in [0, 0.05) is 0 Å². The predicted molar refractivity (Wildman–Crippen MR) is 46.5 cm³/mol. The van der Waals surface area contributed by atoms with Gasteiger partial charge < -0.3 is 0 Å². The Morgan fingerprint density at radius 1 is 1.18 bits per heavy atom. The third-order valence-electron chi connectivity index (χ3n) is 1.32. The van der Waals surface area contributed by atoms with E-state index in [2.05, 4.69) is 7.96 Å². The van der Waals surface area contributed by atoms with E-state index in [1.54, 1.807) is 6.07 Å².